The van der Waals surface area contributed by atoms with Gasteiger partial charge >= 0.3 is 0 Å². The summed E-state index contributed by atoms with van der Waals surface area (Å²) in [5, 5.41) is 6.27. The van der Waals surface area contributed by atoms with Crippen molar-refractivity contribution in [3.63, 3.8) is 0 Å². The molecule has 0 bridgehead atoms. The summed E-state index contributed by atoms with van der Waals surface area (Å²) in [4.78, 5) is 11.9. The van der Waals surface area contributed by atoms with Crippen molar-refractivity contribution in [1.82, 2.24) is 5.32 Å². The number of amides is 1. The van der Waals surface area contributed by atoms with Crippen molar-refractivity contribution in [1.29, 1.82) is 0 Å². The topological polar surface area (TPSA) is 41.1 Å². The number of carbonyl (C=O) groups is 1. The summed E-state index contributed by atoms with van der Waals surface area (Å²) in [5.41, 5.74) is 2.01. The van der Waals surface area contributed by atoms with E-state index < -0.39 is 0 Å². The van der Waals surface area contributed by atoms with Crippen LogP contribution in [0.2, 0.25) is 0 Å². The molecule has 1 aromatic rings. The zero-order chi connectivity index (χ0) is 14.4. The molecule has 2 N–H and O–H groups in total. The highest BCUT2D eigenvalue weighted by atomic mass is 16.1. The van der Waals surface area contributed by atoms with Gasteiger partial charge in [0.2, 0.25) is 5.91 Å². The lowest BCUT2D eigenvalue weighted by atomic mass is 9.80. The van der Waals surface area contributed by atoms with E-state index in [0.717, 1.165) is 29.6 Å². The molecule has 0 aliphatic heterocycles. The van der Waals surface area contributed by atoms with E-state index in [0.29, 0.717) is 6.54 Å². The lowest BCUT2D eigenvalue weighted by Gasteiger charge is -2.28. The van der Waals surface area contributed by atoms with Crippen molar-refractivity contribution >= 4 is 11.6 Å². The van der Waals surface area contributed by atoms with Crippen molar-refractivity contribution in [2.75, 3.05) is 18.4 Å². The second-order valence-electron chi connectivity index (χ2n) is 6.02. The van der Waals surface area contributed by atoms with Crippen LogP contribution in [0.4, 0.5) is 5.69 Å². The standard InChI is InChI=1S/C17H26N2O/c1-13-7-3-5-9-15(13)11-18-12-17(20)19-16-10-6-4-8-14(16)2/h4,6,8,10,13,15,18H,3,5,7,9,11-12H2,1-2H3,(H,19,20). The first-order chi connectivity index (χ1) is 9.66. The molecule has 0 radical (unpaired) electrons. The summed E-state index contributed by atoms with van der Waals surface area (Å²) in [7, 11) is 0. The summed E-state index contributed by atoms with van der Waals surface area (Å²) >= 11 is 0. The van der Waals surface area contributed by atoms with Gasteiger partial charge in [-0.3, -0.25) is 4.79 Å². The molecule has 1 aliphatic rings. The smallest absolute Gasteiger partial charge is 0.238 e. The fourth-order valence-corrected chi connectivity index (χ4v) is 2.97. The molecule has 1 aliphatic carbocycles. The molecule has 2 rings (SSSR count). The van der Waals surface area contributed by atoms with Crippen molar-refractivity contribution < 1.29 is 4.79 Å². The van der Waals surface area contributed by atoms with Crippen LogP contribution in [0.3, 0.4) is 0 Å². The number of para-hydroxylation sites is 1. The molecule has 0 aromatic heterocycles. The predicted octanol–water partition coefficient (Wildman–Crippen LogP) is 3.35. The third-order valence-corrected chi connectivity index (χ3v) is 4.40. The molecule has 2 unspecified atom stereocenters. The monoisotopic (exact) mass is 274 g/mol. The van der Waals surface area contributed by atoms with Gasteiger partial charge < -0.3 is 10.6 Å². The Labute approximate surface area is 122 Å². The van der Waals surface area contributed by atoms with E-state index in [1.54, 1.807) is 0 Å². The number of hydrogen-bond donors (Lipinski definition) is 2. The summed E-state index contributed by atoms with van der Waals surface area (Å²) < 4.78 is 0. The number of nitrogens with one attached hydrogen (secondary N) is 2. The van der Waals surface area contributed by atoms with Crippen LogP contribution in [-0.4, -0.2) is 19.0 Å². The van der Waals surface area contributed by atoms with Crippen molar-refractivity contribution in [2.24, 2.45) is 11.8 Å². The van der Waals surface area contributed by atoms with Crippen LogP contribution in [0.25, 0.3) is 0 Å². The third-order valence-electron chi connectivity index (χ3n) is 4.40. The minimum atomic E-state index is 0.0442. The van der Waals surface area contributed by atoms with E-state index >= 15 is 0 Å². The van der Waals surface area contributed by atoms with Crippen molar-refractivity contribution in [3.05, 3.63) is 29.8 Å². The van der Waals surface area contributed by atoms with E-state index in [2.05, 4.69) is 17.6 Å². The molecule has 0 heterocycles. The average molecular weight is 274 g/mol. The average Bonchev–Trinajstić information content (AvgIpc) is 2.43. The van der Waals surface area contributed by atoms with Gasteiger partial charge in [0.25, 0.3) is 0 Å². The van der Waals surface area contributed by atoms with Crippen LogP contribution in [-0.2, 0) is 4.79 Å². The Morgan fingerprint density at radius 1 is 1.25 bits per heavy atom. The zero-order valence-corrected chi connectivity index (χ0v) is 12.6. The van der Waals surface area contributed by atoms with Crippen LogP contribution in [0, 0.1) is 18.8 Å². The second-order valence-corrected chi connectivity index (χ2v) is 6.02. The molecular weight excluding hydrogens is 248 g/mol. The van der Waals surface area contributed by atoms with E-state index in [9.17, 15) is 4.79 Å². The maximum Gasteiger partial charge on any atom is 0.238 e. The molecule has 1 aromatic carbocycles. The Hall–Kier alpha value is -1.35. The summed E-state index contributed by atoms with van der Waals surface area (Å²) in [6.07, 6.45) is 5.34. The fraction of sp³-hybridized carbons (Fsp3) is 0.588. The first kappa shape index (κ1) is 15.0. The van der Waals surface area contributed by atoms with Gasteiger partial charge in [-0.2, -0.15) is 0 Å². The van der Waals surface area contributed by atoms with E-state index in [4.69, 9.17) is 0 Å². The Balaban J connectivity index is 1.71. The molecule has 2 atom stereocenters. The molecular formula is C17H26N2O. The highest BCUT2D eigenvalue weighted by molar-refractivity contribution is 5.92. The summed E-state index contributed by atoms with van der Waals surface area (Å²) in [6.45, 7) is 5.70. The number of anilines is 1. The summed E-state index contributed by atoms with van der Waals surface area (Å²) in [5.74, 6) is 1.56. The van der Waals surface area contributed by atoms with Gasteiger partial charge in [-0.05, 0) is 43.4 Å². The number of carbonyl (C=O) groups excluding carboxylic acids is 1. The number of aryl methyl sites for hydroxylation is 1. The fourth-order valence-electron chi connectivity index (χ4n) is 2.97. The molecule has 1 amide bonds. The maximum absolute atomic E-state index is 11.9. The van der Waals surface area contributed by atoms with Crippen molar-refractivity contribution in [3.8, 4) is 0 Å². The largest absolute Gasteiger partial charge is 0.325 e. The van der Waals surface area contributed by atoms with Gasteiger partial charge in [-0.15, -0.1) is 0 Å². The number of hydrogen-bond acceptors (Lipinski definition) is 2. The highest BCUT2D eigenvalue weighted by Crippen LogP contribution is 2.28. The Morgan fingerprint density at radius 3 is 2.75 bits per heavy atom. The molecule has 0 saturated heterocycles. The molecule has 0 spiro atoms. The molecule has 3 nitrogen and oxygen atoms in total. The van der Waals surface area contributed by atoms with E-state index in [-0.39, 0.29) is 5.91 Å². The molecule has 20 heavy (non-hydrogen) atoms. The number of rotatable bonds is 5. The predicted molar refractivity (Wildman–Crippen MR) is 83.8 cm³/mol. The lowest BCUT2D eigenvalue weighted by molar-refractivity contribution is -0.115. The first-order valence-corrected chi connectivity index (χ1v) is 7.73. The Kier molecular flexibility index (Phi) is 5.60. The lowest BCUT2D eigenvalue weighted by Crippen LogP contribution is -2.34. The minimum absolute atomic E-state index is 0.0442. The minimum Gasteiger partial charge on any atom is -0.325 e. The molecule has 1 saturated carbocycles. The second kappa shape index (κ2) is 7.44. The Morgan fingerprint density at radius 2 is 2.00 bits per heavy atom. The van der Waals surface area contributed by atoms with Gasteiger partial charge in [-0.25, -0.2) is 0 Å². The van der Waals surface area contributed by atoms with Gasteiger partial charge in [-0.1, -0.05) is 44.4 Å². The molecule has 1 fully saturated rings. The van der Waals surface area contributed by atoms with Crippen LogP contribution >= 0.6 is 0 Å². The van der Waals surface area contributed by atoms with Crippen LogP contribution in [0.15, 0.2) is 24.3 Å². The van der Waals surface area contributed by atoms with Crippen LogP contribution in [0.5, 0.6) is 0 Å². The normalized spacial score (nSPS) is 22.5. The highest BCUT2D eigenvalue weighted by Gasteiger charge is 2.20. The van der Waals surface area contributed by atoms with E-state index in [1.165, 1.54) is 25.7 Å². The maximum atomic E-state index is 11.9. The van der Waals surface area contributed by atoms with Crippen molar-refractivity contribution in [2.45, 2.75) is 39.5 Å². The molecule has 110 valence electrons. The van der Waals surface area contributed by atoms with Gasteiger partial charge in [0.15, 0.2) is 0 Å². The quantitative estimate of drug-likeness (QED) is 0.864. The van der Waals surface area contributed by atoms with Crippen LogP contribution < -0.4 is 10.6 Å². The van der Waals surface area contributed by atoms with Gasteiger partial charge in [0.05, 0.1) is 6.54 Å². The molecule has 3 heteroatoms. The number of benzene rings is 1. The zero-order valence-electron chi connectivity index (χ0n) is 12.6. The SMILES string of the molecule is Cc1ccccc1NC(=O)CNCC1CCCCC1C. The third kappa shape index (κ3) is 4.34. The Bertz CT molecular complexity index is 444. The van der Waals surface area contributed by atoms with Gasteiger partial charge in [0, 0.05) is 5.69 Å². The summed E-state index contributed by atoms with van der Waals surface area (Å²) in [6, 6.07) is 7.87. The first-order valence-electron chi connectivity index (χ1n) is 7.73. The van der Waals surface area contributed by atoms with Gasteiger partial charge in [0.1, 0.15) is 0 Å². The van der Waals surface area contributed by atoms with Crippen LogP contribution in [0.1, 0.15) is 38.2 Å². The van der Waals surface area contributed by atoms with E-state index in [1.807, 2.05) is 31.2 Å².